The summed E-state index contributed by atoms with van der Waals surface area (Å²) in [5.41, 5.74) is 0. The number of carbonyl (C=O) groups is 1. The van der Waals surface area contributed by atoms with Crippen LogP contribution in [0.25, 0.3) is 0 Å². The van der Waals surface area contributed by atoms with E-state index in [9.17, 15) is 15.0 Å². The molecule has 344 valence electrons. The van der Waals surface area contributed by atoms with E-state index < -0.39 is 30.5 Å². The van der Waals surface area contributed by atoms with Gasteiger partial charge in [-0.2, -0.15) is 0 Å². The second-order valence-electron chi connectivity index (χ2n) is 18.3. The molecule has 0 bridgehead atoms. The molecular formula is C52H100O6. The van der Waals surface area contributed by atoms with Gasteiger partial charge in [-0.1, -0.05) is 283 Å². The van der Waals surface area contributed by atoms with Gasteiger partial charge in [0.15, 0.2) is 11.9 Å². The second kappa shape index (κ2) is 43.8. The molecule has 1 heterocycles. The maximum atomic E-state index is 11.5. The molecule has 0 spiro atoms. The molecule has 1 aliphatic heterocycles. The Bertz CT molecular complexity index is 889. The summed E-state index contributed by atoms with van der Waals surface area (Å²) in [5, 5.41) is 28.7. The molecule has 0 unspecified atom stereocenters. The van der Waals surface area contributed by atoms with Crippen molar-refractivity contribution in [3.63, 3.8) is 0 Å². The van der Waals surface area contributed by atoms with Gasteiger partial charge in [0.05, 0.1) is 13.2 Å². The maximum absolute atomic E-state index is 11.5. The fourth-order valence-electron chi connectivity index (χ4n) is 8.74. The summed E-state index contributed by atoms with van der Waals surface area (Å²) in [6.07, 6.45) is 59.6. The van der Waals surface area contributed by atoms with E-state index in [1.807, 2.05) is 0 Å². The van der Waals surface area contributed by atoms with Gasteiger partial charge < -0.3 is 24.8 Å². The third-order valence-electron chi connectivity index (χ3n) is 12.7. The zero-order chi connectivity index (χ0) is 41.8. The minimum Gasteiger partial charge on any atom is -0.499 e. The van der Waals surface area contributed by atoms with Crippen LogP contribution in [-0.4, -0.2) is 46.7 Å². The number of cyclic esters (lactones) is 1. The Labute approximate surface area is 360 Å². The standard InChI is InChI=1S/C52H100O6/c1-2-3-4-5-6-7-8-9-10-11-12-13-14-15-16-17-18-19-20-21-22-23-24-25-26-27-28-29-30-31-32-33-34-35-36-37-38-39-40-41-42-43-44-45-46-57-51-49(55)52(56)58-50(51)48(54)47-53/h48,50,53-55H,2-47H2,1H3/t48-,50+/m0/s1. The molecule has 0 fully saturated rings. The maximum Gasteiger partial charge on any atom is 0.378 e. The van der Waals surface area contributed by atoms with Crippen molar-refractivity contribution in [3.05, 3.63) is 11.5 Å². The second-order valence-corrected chi connectivity index (χ2v) is 18.3. The van der Waals surface area contributed by atoms with Crippen molar-refractivity contribution >= 4 is 5.97 Å². The van der Waals surface area contributed by atoms with Crippen LogP contribution in [0.4, 0.5) is 0 Å². The lowest BCUT2D eigenvalue weighted by Crippen LogP contribution is -2.32. The van der Waals surface area contributed by atoms with E-state index in [-0.39, 0.29) is 5.76 Å². The van der Waals surface area contributed by atoms with Crippen molar-refractivity contribution in [1.82, 2.24) is 0 Å². The number of carbonyl (C=O) groups excluding carboxylic acids is 1. The summed E-state index contributed by atoms with van der Waals surface area (Å²) in [6.45, 7) is 2.09. The molecule has 6 heteroatoms. The number of esters is 1. The summed E-state index contributed by atoms with van der Waals surface area (Å²) in [6, 6.07) is 0. The topological polar surface area (TPSA) is 96.2 Å². The smallest absolute Gasteiger partial charge is 0.378 e. The highest BCUT2D eigenvalue weighted by Gasteiger charge is 2.40. The third kappa shape index (κ3) is 34.4. The molecule has 3 N–H and O–H groups in total. The molecule has 58 heavy (non-hydrogen) atoms. The van der Waals surface area contributed by atoms with E-state index >= 15 is 0 Å². The first-order chi connectivity index (χ1) is 28.6. The van der Waals surface area contributed by atoms with Crippen LogP contribution in [0.3, 0.4) is 0 Å². The van der Waals surface area contributed by atoms with Gasteiger partial charge in [0.1, 0.15) is 6.10 Å². The van der Waals surface area contributed by atoms with Crippen LogP contribution in [0, 0.1) is 0 Å². The number of rotatable bonds is 48. The lowest BCUT2D eigenvalue weighted by molar-refractivity contribution is -0.148. The Morgan fingerprint density at radius 3 is 0.879 bits per heavy atom. The van der Waals surface area contributed by atoms with Crippen molar-refractivity contribution in [2.24, 2.45) is 0 Å². The minimum atomic E-state index is -1.30. The molecule has 0 aliphatic carbocycles. The van der Waals surface area contributed by atoms with Gasteiger partial charge in [-0.3, -0.25) is 0 Å². The van der Waals surface area contributed by atoms with Crippen LogP contribution >= 0.6 is 0 Å². The number of unbranched alkanes of at least 4 members (excludes halogenated alkanes) is 43. The van der Waals surface area contributed by atoms with Gasteiger partial charge in [-0.05, 0) is 6.42 Å². The van der Waals surface area contributed by atoms with E-state index in [1.54, 1.807) is 0 Å². The molecule has 2 atom stereocenters. The van der Waals surface area contributed by atoms with E-state index in [2.05, 4.69) is 6.92 Å². The van der Waals surface area contributed by atoms with Crippen LogP contribution in [-0.2, 0) is 14.3 Å². The molecule has 1 aliphatic rings. The van der Waals surface area contributed by atoms with Crippen LogP contribution in [0.15, 0.2) is 11.5 Å². The van der Waals surface area contributed by atoms with Crippen LogP contribution in [0.1, 0.15) is 289 Å². The fourth-order valence-corrected chi connectivity index (χ4v) is 8.74. The number of aliphatic hydroxyl groups is 3. The van der Waals surface area contributed by atoms with Crippen molar-refractivity contribution in [1.29, 1.82) is 0 Å². The summed E-state index contributed by atoms with van der Waals surface area (Å²) in [7, 11) is 0. The monoisotopic (exact) mass is 821 g/mol. The predicted molar refractivity (Wildman–Crippen MR) is 247 cm³/mol. The highest BCUT2D eigenvalue weighted by molar-refractivity contribution is 5.89. The predicted octanol–water partition coefficient (Wildman–Crippen LogP) is 16.2. The molecule has 0 saturated carbocycles. The van der Waals surface area contributed by atoms with Gasteiger partial charge in [-0.25, -0.2) is 4.79 Å². The third-order valence-corrected chi connectivity index (χ3v) is 12.7. The Hall–Kier alpha value is -1.27. The first-order valence-corrected chi connectivity index (χ1v) is 26.2. The first kappa shape index (κ1) is 54.7. The van der Waals surface area contributed by atoms with Crippen LogP contribution < -0.4 is 0 Å². The zero-order valence-corrected chi connectivity index (χ0v) is 38.7. The Balaban J connectivity index is 1.65. The quantitative estimate of drug-likeness (QED) is 0.0418. The molecular weight excluding hydrogens is 721 g/mol. The summed E-state index contributed by atoms with van der Waals surface area (Å²) in [4.78, 5) is 11.5. The highest BCUT2D eigenvalue weighted by Crippen LogP contribution is 2.25. The van der Waals surface area contributed by atoms with E-state index in [0.717, 1.165) is 19.3 Å². The highest BCUT2D eigenvalue weighted by atomic mass is 16.6. The summed E-state index contributed by atoms with van der Waals surface area (Å²) >= 11 is 0. The van der Waals surface area contributed by atoms with E-state index in [4.69, 9.17) is 14.6 Å². The van der Waals surface area contributed by atoms with Crippen molar-refractivity contribution < 1.29 is 29.6 Å². The van der Waals surface area contributed by atoms with Crippen LogP contribution in [0.2, 0.25) is 0 Å². The van der Waals surface area contributed by atoms with Gasteiger partial charge in [0.2, 0.25) is 5.76 Å². The van der Waals surface area contributed by atoms with Gasteiger partial charge >= 0.3 is 5.97 Å². The molecule has 0 radical (unpaired) electrons. The SMILES string of the molecule is CCCCCCCCCCCCCCCCCCCCCCCCCCCCCCCCCCCCCCCCCCCCCCOC1=C(O)C(=O)O[C@@H]1[C@@H](O)CO. The zero-order valence-electron chi connectivity index (χ0n) is 38.7. The van der Waals surface area contributed by atoms with Crippen molar-refractivity contribution in [2.45, 2.75) is 302 Å². The Morgan fingerprint density at radius 2 is 0.655 bits per heavy atom. The number of aliphatic hydroxyl groups excluding tert-OH is 3. The van der Waals surface area contributed by atoms with Crippen molar-refractivity contribution in [2.75, 3.05) is 13.2 Å². The number of ether oxygens (including phenoxy) is 2. The average molecular weight is 821 g/mol. The van der Waals surface area contributed by atoms with E-state index in [0.29, 0.717) is 6.61 Å². The fraction of sp³-hybridized carbons (Fsp3) is 0.942. The normalized spacial score (nSPS) is 14.8. The summed E-state index contributed by atoms with van der Waals surface area (Å²) in [5.74, 6) is -1.58. The number of hydrogen-bond acceptors (Lipinski definition) is 6. The van der Waals surface area contributed by atoms with Gasteiger partial charge in [0, 0.05) is 0 Å². The van der Waals surface area contributed by atoms with Crippen molar-refractivity contribution in [3.8, 4) is 0 Å². The van der Waals surface area contributed by atoms with Gasteiger partial charge in [-0.15, -0.1) is 0 Å². The molecule has 0 aromatic carbocycles. The average Bonchev–Trinajstić information content (AvgIpc) is 3.52. The molecule has 1 rings (SSSR count). The largest absolute Gasteiger partial charge is 0.499 e. The molecule has 0 saturated heterocycles. The minimum absolute atomic E-state index is 0.0614. The lowest BCUT2D eigenvalue weighted by Gasteiger charge is -2.18. The van der Waals surface area contributed by atoms with Gasteiger partial charge in [0.25, 0.3) is 0 Å². The lowest BCUT2D eigenvalue weighted by atomic mass is 10.0. The first-order valence-electron chi connectivity index (χ1n) is 26.2. The van der Waals surface area contributed by atoms with Crippen LogP contribution in [0.5, 0.6) is 0 Å². The Morgan fingerprint density at radius 1 is 0.431 bits per heavy atom. The Kier molecular flexibility index (Phi) is 41.4. The number of hydrogen-bond donors (Lipinski definition) is 3. The van der Waals surface area contributed by atoms with E-state index in [1.165, 1.54) is 263 Å². The molecule has 6 nitrogen and oxygen atoms in total. The molecule has 0 aromatic heterocycles. The molecule has 0 aromatic rings. The summed E-state index contributed by atoms with van der Waals surface area (Å²) < 4.78 is 10.4. The molecule has 0 amide bonds.